The molecule has 1 aliphatic heterocycles. The Morgan fingerprint density at radius 3 is 2.88 bits per heavy atom. The van der Waals surface area contributed by atoms with Crippen LogP contribution < -0.4 is 9.47 Å². The third-order valence-electron chi connectivity index (χ3n) is 4.06. The zero-order valence-corrected chi connectivity index (χ0v) is 15.4. The van der Waals surface area contributed by atoms with Gasteiger partial charge in [0.05, 0.1) is 23.4 Å². The second-order valence-electron chi connectivity index (χ2n) is 6.40. The molecular weight excluding hydrogens is 326 g/mol. The van der Waals surface area contributed by atoms with E-state index in [-0.39, 0.29) is 6.10 Å². The van der Waals surface area contributed by atoms with Gasteiger partial charge in [0.15, 0.2) is 11.5 Å². The van der Waals surface area contributed by atoms with Crippen molar-refractivity contribution in [2.75, 3.05) is 20.2 Å². The third-order valence-corrected chi connectivity index (χ3v) is 4.34. The summed E-state index contributed by atoms with van der Waals surface area (Å²) >= 11 is 6.49. The molecule has 0 radical (unpaired) electrons. The fourth-order valence-corrected chi connectivity index (χ4v) is 3.24. The number of nitrogens with one attached hydrogen (secondary N) is 1. The molecule has 0 bridgehead atoms. The van der Waals surface area contributed by atoms with Crippen LogP contribution in [0.4, 0.5) is 0 Å². The number of aromatic amines is 1. The topological polar surface area (TPSA) is 50.4 Å². The molecule has 0 spiro atoms. The van der Waals surface area contributed by atoms with Gasteiger partial charge in [0.1, 0.15) is 0 Å². The number of halogens is 1. The second-order valence-corrected chi connectivity index (χ2v) is 6.81. The molecular formula is C18H24ClN3O2. The minimum absolute atomic E-state index is 0.0272. The summed E-state index contributed by atoms with van der Waals surface area (Å²) in [5.41, 5.74) is 4.34. The Kier molecular flexibility index (Phi) is 5.01. The summed E-state index contributed by atoms with van der Waals surface area (Å²) in [6.07, 6.45) is 1.01. The van der Waals surface area contributed by atoms with Gasteiger partial charge in [0.2, 0.25) is 0 Å². The molecule has 2 aromatic rings. The number of nitrogens with zero attached hydrogens (tertiary/aromatic N) is 2. The average Bonchev–Trinajstić information content (AvgIpc) is 2.93. The molecule has 0 amide bonds. The Balaban J connectivity index is 2.05. The lowest BCUT2D eigenvalue weighted by Crippen LogP contribution is -2.26. The van der Waals surface area contributed by atoms with Gasteiger partial charge in [-0.05, 0) is 40.0 Å². The van der Waals surface area contributed by atoms with E-state index in [0.717, 1.165) is 30.8 Å². The van der Waals surface area contributed by atoms with Crippen molar-refractivity contribution in [3.63, 3.8) is 0 Å². The first-order valence-corrected chi connectivity index (χ1v) is 8.75. The van der Waals surface area contributed by atoms with E-state index < -0.39 is 0 Å². The molecule has 1 aromatic carbocycles. The number of hydrogen-bond donors (Lipinski definition) is 1. The zero-order valence-electron chi connectivity index (χ0n) is 14.6. The van der Waals surface area contributed by atoms with E-state index in [2.05, 4.69) is 22.1 Å². The number of fused-ring (bicyclic) bond motifs is 1. The van der Waals surface area contributed by atoms with Crippen molar-refractivity contribution in [3.05, 3.63) is 28.4 Å². The summed E-state index contributed by atoms with van der Waals surface area (Å²) in [4.78, 5) is 2.29. The minimum Gasteiger partial charge on any atom is -0.490 e. The Hall–Kier alpha value is -1.72. The van der Waals surface area contributed by atoms with Crippen LogP contribution >= 0.6 is 11.6 Å². The van der Waals surface area contributed by atoms with Gasteiger partial charge in [-0.15, -0.1) is 0 Å². The van der Waals surface area contributed by atoms with E-state index in [0.29, 0.717) is 23.1 Å². The number of hydrogen-bond acceptors (Lipinski definition) is 4. The van der Waals surface area contributed by atoms with Crippen LogP contribution in [0, 0.1) is 0 Å². The highest BCUT2D eigenvalue weighted by Gasteiger charge is 2.23. The molecule has 2 heterocycles. The van der Waals surface area contributed by atoms with Gasteiger partial charge in [-0.3, -0.25) is 5.10 Å². The standard InChI is InChI=1S/C18H24ClN3O2/c1-5-23-16-9-12(8-14(19)18(16)24-11(2)3)17-13-10-22(4)7-6-15(13)20-21-17/h8-9,11H,5-7,10H2,1-4H3,(H,20,21). The van der Waals surface area contributed by atoms with Crippen LogP contribution in [0.2, 0.25) is 5.02 Å². The molecule has 24 heavy (non-hydrogen) atoms. The highest BCUT2D eigenvalue weighted by atomic mass is 35.5. The van der Waals surface area contributed by atoms with Crippen LogP contribution in [-0.2, 0) is 13.0 Å². The van der Waals surface area contributed by atoms with Crippen LogP contribution in [-0.4, -0.2) is 41.4 Å². The Morgan fingerprint density at radius 2 is 2.17 bits per heavy atom. The van der Waals surface area contributed by atoms with E-state index in [1.165, 1.54) is 11.3 Å². The summed E-state index contributed by atoms with van der Waals surface area (Å²) in [5, 5.41) is 8.25. The highest BCUT2D eigenvalue weighted by Crippen LogP contribution is 2.41. The van der Waals surface area contributed by atoms with Crippen molar-refractivity contribution in [1.82, 2.24) is 15.1 Å². The number of rotatable bonds is 5. The minimum atomic E-state index is 0.0272. The second kappa shape index (κ2) is 7.03. The Morgan fingerprint density at radius 1 is 1.38 bits per heavy atom. The summed E-state index contributed by atoms with van der Waals surface area (Å²) in [5.74, 6) is 1.26. The van der Waals surface area contributed by atoms with Crippen molar-refractivity contribution in [2.24, 2.45) is 0 Å². The molecule has 5 nitrogen and oxygen atoms in total. The molecule has 0 fully saturated rings. The number of ether oxygens (including phenoxy) is 2. The Bertz CT molecular complexity index is 727. The lowest BCUT2D eigenvalue weighted by molar-refractivity contribution is 0.224. The molecule has 1 N–H and O–H groups in total. The number of aromatic nitrogens is 2. The van der Waals surface area contributed by atoms with Crippen molar-refractivity contribution in [2.45, 2.75) is 39.8 Å². The van der Waals surface area contributed by atoms with Crippen molar-refractivity contribution < 1.29 is 9.47 Å². The number of H-pyrrole nitrogens is 1. The van der Waals surface area contributed by atoms with Crippen LogP contribution in [0.5, 0.6) is 11.5 Å². The quantitative estimate of drug-likeness (QED) is 0.889. The average molecular weight is 350 g/mol. The molecule has 1 aromatic heterocycles. The fourth-order valence-electron chi connectivity index (χ4n) is 2.99. The summed E-state index contributed by atoms with van der Waals surface area (Å²) in [6.45, 7) is 8.37. The van der Waals surface area contributed by atoms with Crippen molar-refractivity contribution >= 4 is 11.6 Å². The number of benzene rings is 1. The molecule has 6 heteroatoms. The first-order chi connectivity index (χ1) is 11.5. The van der Waals surface area contributed by atoms with E-state index >= 15 is 0 Å². The van der Waals surface area contributed by atoms with Crippen LogP contribution in [0.15, 0.2) is 12.1 Å². The summed E-state index contributed by atoms with van der Waals surface area (Å²) in [7, 11) is 2.12. The number of likely N-dealkylation sites (N-methyl/N-ethyl adjacent to an activating group) is 1. The zero-order chi connectivity index (χ0) is 17.3. The maximum Gasteiger partial charge on any atom is 0.180 e. The molecule has 0 saturated carbocycles. The first kappa shape index (κ1) is 17.1. The van der Waals surface area contributed by atoms with Gasteiger partial charge in [0.25, 0.3) is 0 Å². The van der Waals surface area contributed by atoms with Gasteiger partial charge in [-0.25, -0.2) is 0 Å². The first-order valence-electron chi connectivity index (χ1n) is 8.37. The van der Waals surface area contributed by atoms with E-state index in [1.807, 2.05) is 32.9 Å². The summed E-state index contributed by atoms with van der Waals surface area (Å²) < 4.78 is 11.6. The maximum atomic E-state index is 6.49. The highest BCUT2D eigenvalue weighted by molar-refractivity contribution is 6.32. The van der Waals surface area contributed by atoms with Gasteiger partial charge >= 0.3 is 0 Å². The van der Waals surface area contributed by atoms with Crippen LogP contribution in [0.3, 0.4) is 0 Å². The van der Waals surface area contributed by atoms with Crippen LogP contribution in [0.1, 0.15) is 32.0 Å². The lowest BCUT2D eigenvalue weighted by Gasteiger charge is -2.22. The predicted molar refractivity (Wildman–Crippen MR) is 96.0 cm³/mol. The van der Waals surface area contributed by atoms with E-state index in [1.54, 1.807) is 0 Å². The lowest BCUT2D eigenvalue weighted by atomic mass is 10.0. The van der Waals surface area contributed by atoms with Crippen molar-refractivity contribution in [1.29, 1.82) is 0 Å². The monoisotopic (exact) mass is 349 g/mol. The molecule has 0 atom stereocenters. The van der Waals surface area contributed by atoms with E-state index in [4.69, 9.17) is 21.1 Å². The largest absolute Gasteiger partial charge is 0.490 e. The molecule has 1 aliphatic rings. The van der Waals surface area contributed by atoms with Crippen LogP contribution in [0.25, 0.3) is 11.3 Å². The fraction of sp³-hybridized carbons (Fsp3) is 0.500. The van der Waals surface area contributed by atoms with E-state index in [9.17, 15) is 0 Å². The Labute approximate surface area is 147 Å². The third kappa shape index (κ3) is 3.37. The molecule has 0 aliphatic carbocycles. The van der Waals surface area contributed by atoms with Crippen molar-refractivity contribution in [3.8, 4) is 22.8 Å². The SMILES string of the molecule is CCOc1cc(-c2n[nH]c3c2CN(C)CC3)cc(Cl)c1OC(C)C. The smallest absolute Gasteiger partial charge is 0.180 e. The normalized spacial score (nSPS) is 14.8. The maximum absolute atomic E-state index is 6.49. The molecule has 0 saturated heterocycles. The summed E-state index contributed by atoms with van der Waals surface area (Å²) in [6, 6.07) is 3.88. The molecule has 130 valence electrons. The molecule has 3 rings (SSSR count). The predicted octanol–water partition coefficient (Wildman–Crippen LogP) is 3.90. The van der Waals surface area contributed by atoms with Gasteiger partial charge in [-0.2, -0.15) is 5.10 Å². The van der Waals surface area contributed by atoms with Gasteiger partial charge in [0, 0.05) is 36.3 Å². The van der Waals surface area contributed by atoms with Gasteiger partial charge in [-0.1, -0.05) is 11.6 Å². The van der Waals surface area contributed by atoms with Gasteiger partial charge < -0.3 is 14.4 Å². The molecule has 0 unspecified atom stereocenters.